The largest absolute Gasteiger partial charge is 0.310 e. The molecule has 1 heterocycles. The molecule has 0 unspecified atom stereocenters. The number of rotatable bonds is 10. The van der Waals surface area contributed by atoms with E-state index in [0.717, 1.165) is 37.8 Å². The lowest BCUT2D eigenvalue weighted by atomic mass is 10.2. The van der Waals surface area contributed by atoms with Crippen LogP contribution in [0.2, 0.25) is 0 Å². The lowest BCUT2D eigenvalue weighted by molar-refractivity contribution is 0.456. The van der Waals surface area contributed by atoms with Crippen molar-refractivity contribution in [3.05, 3.63) is 12.2 Å². The van der Waals surface area contributed by atoms with Crippen molar-refractivity contribution in [3.8, 4) is 0 Å². The van der Waals surface area contributed by atoms with Crippen molar-refractivity contribution in [2.45, 2.75) is 52.6 Å². The molecule has 0 radical (unpaired) electrons. The first kappa shape index (κ1) is 15.4. The van der Waals surface area contributed by atoms with Gasteiger partial charge in [-0.1, -0.05) is 26.7 Å². The summed E-state index contributed by atoms with van der Waals surface area (Å²) in [6.07, 6.45) is 6.45. The zero-order chi connectivity index (χ0) is 13.2. The second-order valence-electron chi connectivity index (χ2n) is 5.03. The van der Waals surface area contributed by atoms with E-state index in [-0.39, 0.29) is 0 Å². The minimum Gasteiger partial charge on any atom is -0.310 e. The molecule has 18 heavy (non-hydrogen) atoms. The maximum Gasteiger partial charge on any atom is 0.140 e. The molecule has 0 aliphatic rings. The van der Waals surface area contributed by atoms with Crippen molar-refractivity contribution < 1.29 is 0 Å². The molecule has 0 amide bonds. The van der Waals surface area contributed by atoms with Gasteiger partial charge in [0.15, 0.2) is 0 Å². The molecule has 1 rings (SSSR count). The third-order valence-corrected chi connectivity index (χ3v) is 3.02. The molecule has 104 valence electrons. The second kappa shape index (κ2) is 9.34. The van der Waals surface area contributed by atoms with Crippen LogP contribution in [-0.2, 0) is 13.1 Å². The molecular weight excluding hydrogens is 248 g/mol. The first-order chi connectivity index (χ1) is 8.74. The molecule has 0 aliphatic heterocycles. The van der Waals surface area contributed by atoms with Gasteiger partial charge in [-0.25, -0.2) is 9.67 Å². The summed E-state index contributed by atoms with van der Waals surface area (Å²) < 4.78 is 1.99. The van der Waals surface area contributed by atoms with E-state index in [9.17, 15) is 0 Å². The molecule has 0 aromatic carbocycles. The lowest BCUT2D eigenvalue weighted by Gasteiger charge is -2.09. The highest BCUT2D eigenvalue weighted by atomic mass is 35.5. The Hall–Kier alpha value is -0.610. The van der Waals surface area contributed by atoms with E-state index in [0.29, 0.717) is 5.92 Å². The third kappa shape index (κ3) is 6.36. The number of alkyl halides is 1. The van der Waals surface area contributed by atoms with Crippen LogP contribution >= 0.6 is 11.6 Å². The number of nitrogens with one attached hydrogen (secondary N) is 1. The maximum absolute atomic E-state index is 5.63. The minimum atomic E-state index is 0.598. The maximum atomic E-state index is 5.63. The Labute approximate surface area is 115 Å². The Morgan fingerprint density at radius 2 is 2.06 bits per heavy atom. The number of halogens is 1. The van der Waals surface area contributed by atoms with Gasteiger partial charge in [-0.2, -0.15) is 5.10 Å². The topological polar surface area (TPSA) is 42.7 Å². The van der Waals surface area contributed by atoms with E-state index in [1.54, 1.807) is 6.33 Å². The molecule has 0 fully saturated rings. The summed E-state index contributed by atoms with van der Waals surface area (Å²) in [4.78, 5) is 4.29. The fourth-order valence-electron chi connectivity index (χ4n) is 1.82. The first-order valence-electron chi connectivity index (χ1n) is 6.87. The van der Waals surface area contributed by atoms with Crippen molar-refractivity contribution >= 4 is 11.6 Å². The van der Waals surface area contributed by atoms with Gasteiger partial charge in [0, 0.05) is 12.4 Å². The number of hydrogen-bond donors (Lipinski definition) is 1. The molecule has 0 bridgehead atoms. The Kier molecular flexibility index (Phi) is 8.01. The van der Waals surface area contributed by atoms with Crippen LogP contribution in [0.25, 0.3) is 0 Å². The molecule has 0 saturated carbocycles. The molecule has 0 spiro atoms. The quantitative estimate of drug-likeness (QED) is 0.526. The molecular formula is C13H25ClN4. The fourth-order valence-corrected chi connectivity index (χ4v) is 2.01. The smallest absolute Gasteiger partial charge is 0.140 e. The summed E-state index contributed by atoms with van der Waals surface area (Å²) in [7, 11) is 0. The van der Waals surface area contributed by atoms with Gasteiger partial charge in [0.2, 0.25) is 0 Å². The van der Waals surface area contributed by atoms with E-state index in [1.807, 2.05) is 4.68 Å². The summed E-state index contributed by atoms with van der Waals surface area (Å²) in [6, 6.07) is 0. The minimum absolute atomic E-state index is 0.598. The van der Waals surface area contributed by atoms with Crippen LogP contribution in [-0.4, -0.2) is 27.2 Å². The Morgan fingerprint density at radius 1 is 1.28 bits per heavy atom. The van der Waals surface area contributed by atoms with Crippen LogP contribution in [0.15, 0.2) is 6.33 Å². The normalized spacial score (nSPS) is 11.3. The van der Waals surface area contributed by atoms with E-state index in [2.05, 4.69) is 29.2 Å². The van der Waals surface area contributed by atoms with Gasteiger partial charge in [0.25, 0.3) is 0 Å². The standard InChI is InChI=1S/C13H25ClN4/c1-12(2)10-18-13(16-11-17-18)9-15-8-6-4-3-5-7-14/h11-12,15H,3-10H2,1-2H3. The molecule has 0 aliphatic carbocycles. The van der Waals surface area contributed by atoms with Crippen molar-refractivity contribution in [2.24, 2.45) is 5.92 Å². The van der Waals surface area contributed by atoms with E-state index in [1.165, 1.54) is 19.3 Å². The zero-order valence-electron chi connectivity index (χ0n) is 11.5. The highest BCUT2D eigenvalue weighted by Gasteiger charge is 2.05. The average molecular weight is 273 g/mol. The lowest BCUT2D eigenvalue weighted by Crippen LogP contribution is -2.20. The van der Waals surface area contributed by atoms with Crippen LogP contribution in [0.5, 0.6) is 0 Å². The molecule has 1 aromatic heterocycles. The van der Waals surface area contributed by atoms with E-state index < -0.39 is 0 Å². The third-order valence-electron chi connectivity index (χ3n) is 2.75. The van der Waals surface area contributed by atoms with Gasteiger partial charge >= 0.3 is 0 Å². The van der Waals surface area contributed by atoms with Crippen LogP contribution in [0.4, 0.5) is 0 Å². The van der Waals surface area contributed by atoms with E-state index in [4.69, 9.17) is 11.6 Å². The molecule has 1 N–H and O–H groups in total. The highest BCUT2D eigenvalue weighted by Crippen LogP contribution is 2.02. The highest BCUT2D eigenvalue weighted by molar-refractivity contribution is 6.17. The summed E-state index contributed by atoms with van der Waals surface area (Å²) in [5.74, 6) is 2.41. The molecule has 0 saturated heterocycles. The van der Waals surface area contributed by atoms with Crippen LogP contribution < -0.4 is 5.32 Å². The Morgan fingerprint density at radius 3 is 2.78 bits per heavy atom. The second-order valence-corrected chi connectivity index (χ2v) is 5.41. The van der Waals surface area contributed by atoms with Crippen molar-refractivity contribution in [2.75, 3.05) is 12.4 Å². The molecule has 1 aromatic rings. The van der Waals surface area contributed by atoms with Crippen molar-refractivity contribution in [3.63, 3.8) is 0 Å². The summed E-state index contributed by atoms with van der Waals surface area (Å²) in [6.45, 7) is 7.16. The Bertz CT molecular complexity index is 312. The predicted molar refractivity (Wildman–Crippen MR) is 75.8 cm³/mol. The van der Waals surface area contributed by atoms with Crippen LogP contribution in [0, 0.1) is 5.92 Å². The van der Waals surface area contributed by atoms with Gasteiger partial charge in [-0.05, 0) is 25.3 Å². The first-order valence-corrected chi connectivity index (χ1v) is 7.41. The monoisotopic (exact) mass is 272 g/mol. The van der Waals surface area contributed by atoms with Crippen LogP contribution in [0.1, 0.15) is 45.4 Å². The van der Waals surface area contributed by atoms with Crippen LogP contribution in [0.3, 0.4) is 0 Å². The summed E-state index contributed by atoms with van der Waals surface area (Å²) in [5, 5.41) is 7.67. The van der Waals surface area contributed by atoms with E-state index >= 15 is 0 Å². The molecule has 5 heteroatoms. The number of hydrogen-bond acceptors (Lipinski definition) is 3. The fraction of sp³-hybridized carbons (Fsp3) is 0.846. The van der Waals surface area contributed by atoms with Gasteiger partial charge in [0.05, 0.1) is 6.54 Å². The summed E-state index contributed by atoms with van der Waals surface area (Å²) in [5.41, 5.74) is 0. The Balaban J connectivity index is 2.13. The van der Waals surface area contributed by atoms with Gasteiger partial charge in [-0.3, -0.25) is 0 Å². The molecule has 4 nitrogen and oxygen atoms in total. The zero-order valence-corrected chi connectivity index (χ0v) is 12.3. The van der Waals surface area contributed by atoms with Crippen molar-refractivity contribution in [1.82, 2.24) is 20.1 Å². The van der Waals surface area contributed by atoms with Gasteiger partial charge in [-0.15, -0.1) is 11.6 Å². The predicted octanol–water partition coefficient (Wildman–Crippen LogP) is 2.82. The van der Waals surface area contributed by atoms with Crippen molar-refractivity contribution in [1.29, 1.82) is 0 Å². The summed E-state index contributed by atoms with van der Waals surface area (Å²) >= 11 is 5.63. The van der Waals surface area contributed by atoms with Gasteiger partial charge < -0.3 is 5.32 Å². The number of unbranched alkanes of at least 4 members (excludes halogenated alkanes) is 3. The SMILES string of the molecule is CC(C)Cn1ncnc1CNCCCCCCCl. The van der Waals surface area contributed by atoms with Gasteiger partial charge in [0.1, 0.15) is 12.2 Å². The molecule has 0 atom stereocenters. The average Bonchev–Trinajstić information content (AvgIpc) is 2.75. The number of aromatic nitrogens is 3. The number of nitrogens with zero attached hydrogens (tertiary/aromatic N) is 3.